The minimum Gasteiger partial charge on any atom is -0.469 e. The van der Waals surface area contributed by atoms with E-state index in [1.54, 1.807) is 0 Å². The summed E-state index contributed by atoms with van der Waals surface area (Å²) in [5, 5.41) is 4.38. The molecule has 0 aliphatic carbocycles. The molecular formula is C16H20ClNO. The average molecular weight is 278 g/mol. The molecule has 1 aromatic heterocycles. The summed E-state index contributed by atoms with van der Waals surface area (Å²) in [6.07, 6.45) is 3.81. The maximum Gasteiger partial charge on any atom is 0.101 e. The molecule has 1 N–H and O–H groups in total. The Bertz CT molecular complexity index is 521. The summed E-state index contributed by atoms with van der Waals surface area (Å²) < 4.78 is 5.42. The minimum absolute atomic E-state index is 0.247. The van der Waals surface area contributed by atoms with Gasteiger partial charge in [-0.1, -0.05) is 36.7 Å². The van der Waals surface area contributed by atoms with E-state index in [0.29, 0.717) is 0 Å². The Hall–Kier alpha value is -1.25. The molecule has 1 unspecified atom stereocenters. The Balaban J connectivity index is 2.16. The van der Waals surface area contributed by atoms with Crippen LogP contribution in [0.1, 0.15) is 36.3 Å². The maximum absolute atomic E-state index is 6.24. The predicted molar refractivity (Wildman–Crippen MR) is 79.6 cm³/mol. The summed E-state index contributed by atoms with van der Waals surface area (Å²) in [6.45, 7) is 5.12. The van der Waals surface area contributed by atoms with Crippen LogP contribution in [0.25, 0.3) is 0 Å². The Kier molecular flexibility index (Phi) is 5.06. The van der Waals surface area contributed by atoms with Crippen molar-refractivity contribution in [2.75, 3.05) is 6.54 Å². The fourth-order valence-corrected chi connectivity index (χ4v) is 2.37. The van der Waals surface area contributed by atoms with E-state index in [1.165, 1.54) is 5.56 Å². The van der Waals surface area contributed by atoms with Crippen LogP contribution in [0.4, 0.5) is 0 Å². The number of furan rings is 1. The molecular weight excluding hydrogens is 258 g/mol. The van der Waals surface area contributed by atoms with E-state index in [1.807, 2.05) is 31.4 Å². The van der Waals surface area contributed by atoms with Gasteiger partial charge in [0.1, 0.15) is 5.76 Å². The summed E-state index contributed by atoms with van der Waals surface area (Å²) in [5.41, 5.74) is 2.35. The Morgan fingerprint density at radius 1 is 1.32 bits per heavy atom. The largest absolute Gasteiger partial charge is 0.469 e. The highest BCUT2D eigenvalue weighted by molar-refractivity contribution is 6.31. The second-order valence-electron chi connectivity index (χ2n) is 4.79. The van der Waals surface area contributed by atoms with Crippen molar-refractivity contribution in [3.05, 3.63) is 58.5 Å². The van der Waals surface area contributed by atoms with Crippen LogP contribution in [-0.4, -0.2) is 6.54 Å². The zero-order valence-electron chi connectivity index (χ0n) is 11.4. The number of nitrogens with one attached hydrogen (secondary N) is 1. The lowest BCUT2D eigenvalue weighted by molar-refractivity contribution is 0.503. The van der Waals surface area contributed by atoms with E-state index in [-0.39, 0.29) is 6.04 Å². The first-order chi connectivity index (χ1) is 9.20. The van der Waals surface area contributed by atoms with E-state index in [2.05, 4.69) is 24.4 Å². The van der Waals surface area contributed by atoms with Gasteiger partial charge in [-0.25, -0.2) is 0 Å². The molecule has 0 fully saturated rings. The summed E-state index contributed by atoms with van der Waals surface area (Å²) in [5.74, 6) is 0.942. The summed E-state index contributed by atoms with van der Waals surface area (Å²) in [7, 11) is 0. The molecule has 0 radical (unpaired) electrons. The maximum atomic E-state index is 6.24. The standard InChI is InChI=1S/C16H20ClNO/c1-3-8-18-16(14-9-12(2)19-11-14)10-13-6-4-5-7-15(13)17/h4-7,9,11,16,18H,3,8,10H2,1-2H3. The van der Waals surface area contributed by atoms with E-state index < -0.39 is 0 Å². The monoisotopic (exact) mass is 277 g/mol. The normalized spacial score (nSPS) is 12.6. The van der Waals surface area contributed by atoms with Crippen LogP contribution in [0.3, 0.4) is 0 Å². The highest BCUT2D eigenvalue weighted by atomic mass is 35.5. The van der Waals surface area contributed by atoms with Gasteiger partial charge in [-0.2, -0.15) is 0 Å². The smallest absolute Gasteiger partial charge is 0.101 e. The first-order valence-corrected chi connectivity index (χ1v) is 7.10. The summed E-state index contributed by atoms with van der Waals surface area (Å²) in [6, 6.07) is 10.3. The molecule has 0 amide bonds. The van der Waals surface area contributed by atoms with E-state index in [9.17, 15) is 0 Å². The minimum atomic E-state index is 0.247. The number of halogens is 1. The predicted octanol–water partition coefficient (Wildman–Crippen LogP) is 4.52. The lowest BCUT2D eigenvalue weighted by Crippen LogP contribution is -2.23. The number of benzene rings is 1. The number of hydrogen-bond acceptors (Lipinski definition) is 2. The van der Waals surface area contributed by atoms with Gasteiger partial charge in [0.25, 0.3) is 0 Å². The van der Waals surface area contributed by atoms with Crippen LogP contribution in [0.5, 0.6) is 0 Å². The molecule has 0 saturated heterocycles. The molecule has 1 atom stereocenters. The van der Waals surface area contributed by atoms with Crippen molar-refractivity contribution in [1.82, 2.24) is 5.32 Å². The number of aryl methyl sites for hydroxylation is 1. The summed E-state index contributed by atoms with van der Waals surface area (Å²) >= 11 is 6.24. The Morgan fingerprint density at radius 2 is 2.11 bits per heavy atom. The Morgan fingerprint density at radius 3 is 2.74 bits per heavy atom. The van der Waals surface area contributed by atoms with Gasteiger partial charge in [-0.05, 0) is 44.0 Å². The van der Waals surface area contributed by atoms with Crippen molar-refractivity contribution in [1.29, 1.82) is 0 Å². The molecule has 3 heteroatoms. The first-order valence-electron chi connectivity index (χ1n) is 6.72. The molecule has 1 aromatic carbocycles. The van der Waals surface area contributed by atoms with Crippen molar-refractivity contribution < 1.29 is 4.42 Å². The molecule has 102 valence electrons. The van der Waals surface area contributed by atoms with Crippen molar-refractivity contribution in [2.45, 2.75) is 32.7 Å². The third-order valence-electron chi connectivity index (χ3n) is 3.18. The van der Waals surface area contributed by atoms with Crippen LogP contribution in [0.2, 0.25) is 5.02 Å². The number of hydrogen-bond donors (Lipinski definition) is 1. The van der Waals surface area contributed by atoms with E-state index in [4.69, 9.17) is 16.0 Å². The highest BCUT2D eigenvalue weighted by Gasteiger charge is 2.15. The Labute approximate surface area is 119 Å². The molecule has 2 aromatic rings. The van der Waals surface area contributed by atoms with Gasteiger partial charge < -0.3 is 9.73 Å². The third kappa shape index (κ3) is 3.85. The molecule has 0 spiro atoms. The zero-order valence-corrected chi connectivity index (χ0v) is 12.2. The van der Waals surface area contributed by atoms with Crippen molar-refractivity contribution in [2.24, 2.45) is 0 Å². The van der Waals surface area contributed by atoms with Crippen LogP contribution in [0, 0.1) is 6.92 Å². The van der Waals surface area contributed by atoms with E-state index >= 15 is 0 Å². The fraction of sp³-hybridized carbons (Fsp3) is 0.375. The van der Waals surface area contributed by atoms with Crippen LogP contribution < -0.4 is 5.32 Å². The van der Waals surface area contributed by atoms with Crippen molar-refractivity contribution in [3.63, 3.8) is 0 Å². The zero-order chi connectivity index (χ0) is 13.7. The van der Waals surface area contributed by atoms with Gasteiger partial charge in [-0.15, -0.1) is 0 Å². The van der Waals surface area contributed by atoms with Crippen LogP contribution in [0.15, 0.2) is 41.0 Å². The van der Waals surface area contributed by atoms with Crippen LogP contribution >= 0.6 is 11.6 Å². The van der Waals surface area contributed by atoms with Gasteiger partial charge in [-0.3, -0.25) is 0 Å². The van der Waals surface area contributed by atoms with Gasteiger partial charge >= 0.3 is 0 Å². The number of rotatable bonds is 6. The topological polar surface area (TPSA) is 25.2 Å². The van der Waals surface area contributed by atoms with Gasteiger partial charge in [0, 0.05) is 16.6 Å². The first kappa shape index (κ1) is 14.2. The molecule has 1 heterocycles. The second kappa shape index (κ2) is 6.78. The van der Waals surface area contributed by atoms with Gasteiger partial charge in [0.15, 0.2) is 0 Å². The SMILES string of the molecule is CCCNC(Cc1ccccc1Cl)c1coc(C)c1. The molecule has 0 bridgehead atoms. The third-order valence-corrected chi connectivity index (χ3v) is 3.54. The van der Waals surface area contributed by atoms with E-state index in [0.717, 1.165) is 35.7 Å². The van der Waals surface area contributed by atoms with Crippen molar-refractivity contribution >= 4 is 11.6 Å². The van der Waals surface area contributed by atoms with Crippen molar-refractivity contribution in [3.8, 4) is 0 Å². The molecule has 0 aliphatic rings. The molecule has 0 aliphatic heterocycles. The van der Waals surface area contributed by atoms with Crippen LogP contribution in [-0.2, 0) is 6.42 Å². The van der Waals surface area contributed by atoms with Gasteiger partial charge in [0.05, 0.1) is 6.26 Å². The highest BCUT2D eigenvalue weighted by Crippen LogP contribution is 2.24. The molecule has 2 rings (SSSR count). The lowest BCUT2D eigenvalue weighted by atomic mass is 10.0. The molecule has 19 heavy (non-hydrogen) atoms. The molecule has 2 nitrogen and oxygen atoms in total. The summed E-state index contributed by atoms with van der Waals surface area (Å²) in [4.78, 5) is 0. The fourth-order valence-electron chi connectivity index (χ4n) is 2.16. The average Bonchev–Trinajstić information content (AvgIpc) is 2.83. The second-order valence-corrected chi connectivity index (χ2v) is 5.20. The quantitative estimate of drug-likeness (QED) is 0.839. The van der Waals surface area contributed by atoms with Gasteiger partial charge in [0.2, 0.25) is 0 Å². The molecule has 0 saturated carbocycles. The lowest BCUT2D eigenvalue weighted by Gasteiger charge is -2.17.